The lowest BCUT2D eigenvalue weighted by molar-refractivity contribution is -0.162. The van der Waals surface area contributed by atoms with Gasteiger partial charge in [-0.3, -0.25) is 14.5 Å². The van der Waals surface area contributed by atoms with Crippen molar-refractivity contribution in [3.63, 3.8) is 0 Å². The van der Waals surface area contributed by atoms with Crippen molar-refractivity contribution in [1.82, 2.24) is 15.2 Å². The van der Waals surface area contributed by atoms with E-state index in [2.05, 4.69) is 15.5 Å². The zero-order valence-electron chi connectivity index (χ0n) is 33.5. The first-order valence-electron chi connectivity index (χ1n) is 19.7. The summed E-state index contributed by atoms with van der Waals surface area (Å²) in [5, 5.41) is 28.2. The van der Waals surface area contributed by atoms with E-state index in [9.17, 15) is 29.4 Å². The summed E-state index contributed by atoms with van der Waals surface area (Å²) in [5.41, 5.74) is 8.72. The van der Waals surface area contributed by atoms with Gasteiger partial charge < -0.3 is 35.6 Å². The number of amides is 2. The largest absolute Gasteiger partial charge is 0.504 e. The van der Waals surface area contributed by atoms with Gasteiger partial charge in [-0.05, 0) is 40.0 Å². The van der Waals surface area contributed by atoms with Crippen LogP contribution in [0.3, 0.4) is 0 Å². The second-order valence-corrected chi connectivity index (χ2v) is 16.7. The van der Waals surface area contributed by atoms with Crippen LogP contribution in [0.1, 0.15) is 51.8 Å². The van der Waals surface area contributed by atoms with E-state index < -0.39 is 70.7 Å². The fourth-order valence-corrected chi connectivity index (χ4v) is 9.37. The van der Waals surface area contributed by atoms with Crippen molar-refractivity contribution < 1.29 is 43.7 Å². The van der Waals surface area contributed by atoms with E-state index >= 15 is 0 Å². The maximum Gasteiger partial charge on any atom is 0.356 e. The number of benzene rings is 5. The quantitative estimate of drug-likeness (QED) is 0.0203. The number of esters is 2. The molecule has 17 heteroatoms. The van der Waals surface area contributed by atoms with Gasteiger partial charge in [-0.1, -0.05) is 133 Å². The first-order valence-corrected chi connectivity index (χ1v) is 22.2. The number of rotatable bonds is 15. The first-order chi connectivity index (χ1) is 31.1. The van der Waals surface area contributed by atoms with Gasteiger partial charge >= 0.3 is 11.9 Å². The van der Waals surface area contributed by atoms with Crippen LogP contribution in [-0.2, 0) is 33.5 Å². The Kier molecular flexibility index (Phi) is 13.3. The van der Waals surface area contributed by atoms with E-state index in [1.807, 2.05) is 72.8 Å². The molecule has 3 atom stereocenters. The van der Waals surface area contributed by atoms with Crippen molar-refractivity contribution >= 4 is 69.3 Å². The Balaban J connectivity index is 1.06. The predicted octanol–water partition coefficient (Wildman–Crippen LogP) is 7.16. The van der Waals surface area contributed by atoms with Crippen LogP contribution in [0.25, 0.3) is 0 Å². The summed E-state index contributed by atoms with van der Waals surface area (Å²) < 4.78 is 12.2. The van der Waals surface area contributed by atoms with Crippen molar-refractivity contribution in [1.29, 1.82) is 0 Å². The van der Waals surface area contributed by atoms with Crippen LogP contribution in [0.4, 0.5) is 5.13 Å². The summed E-state index contributed by atoms with van der Waals surface area (Å²) in [4.78, 5) is 68.0. The van der Waals surface area contributed by atoms with E-state index in [0.29, 0.717) is 16.7 Å². The van der Waals surface area contributed by atoms with Crippen molar-refractivity contribution in [3.8, 4) is 11.5 Å². The summed E-state index contributed by atoms with van der Waals surface area (Å²) in [6, 6.07) is 38.8. The second kappa shape index (κ2) is 19.5. The normalized spacial score (nSPS) is 16.5. The number of hydrogen-bond acceptors (Lipinski definition) is 14. The maximum atomic E-state index is 14.2. The Labute approximate surface area is 379 Å². The number of fused-ring (bicyclic) bond motifs is 1. The summed E-state index contributed by atoms with van der Waals surface area (Å²) in [7, 11) is 0. The minimum absolute atomic E-state index is 0.00146. The van der Waals surface area contributed by atoms with Gasteiger partial charge in [0, 0.05) is 22.6 Å². The molecule has 5 N–H and O–H groups in total. The third kappa shape index (κ3) is 9.29. The first kappa shape index (κ1) is 43.5. The van der Waals surface area contributed by atoms with Crippen LogP contribution < -0.4 is 11.1 Å². The number of ether oxygens (including phenoxy) is 2. The lowest BCUT2D eigenvalue weighted by atomic mass is 10.0. The molecule has 3 heterocycles. The number of nitrogen functional groups attached to an aromatic ring is 1. The average Bonchev–Trinajstić information content (AvgIpc) is 3.77. The topological polar surface area (TPSA) is 203 Å². The molecule has 2 aliphatic heterocycles. The van der Waals surface area contributed by atoms with E-state index in [4.69, 9.17) is 31.6 Å². The summed E-state index contributed by atoms with van der Waals surface area (Å²) in [5.74, 6) is -4.05. The molecule has 0 bridgehead atoms. The molecular formula is C47H38ClN5O9S2. The number of nitrogens with two attached hydrogens (primary N) is 1. The maximum absolute atomic E-state index is 14.2. The number of anilines is 1. The highest BCUT2D eigenvalue weighted by molar-refractivity contribution is 8.00. The molecule has 6 aromatic rings. The van der Waals surface area contributed by atoms with Crippen LogP contribution in [0.5, 0.6) is 11.5 Å². The number of thiazole rings is 1. The molecule has 8 rings (SSSR count). The van der Waals surface area contributed by atoms with Crippen LogP contribution in [-0.4, -0.2) is 72.6 Å². The third-order valence-electron chi connectivity index (χ3n) is 10.3. The average molecular weight is 916 g/mol. The molecular weight excluding hydrogens is 878 g/mol. The molecule has 1 aromatic heterocycles. The molecule has 5 aromatic carbocycles. The second-order valence-electron chi connectivity index (χ2n) is 14.4. The highest BCUT2D eigenvalue weighted by Gasteiger charge is 2.55. The minimum atomic E-state index is -1.71. The van der Waals surface area contributed by atoms with Gasteiger partial charge in [0.25, 0.3) is 11.8 Å². The number of hydrogen-bond donors (Lipinski definition) is 4. The Bertz CT molecular complexity index is 2650. The van der Waals surface area contributed by atoms with Crippen molar-refractivity contribution in [3.05, 3.63) is 190 Å². The lowest BCUT2D eigenvalue weighted by Crippen LogP contribution is -2.71. The van der Waals surface area contributed by atoms with Crippen LogP contribution >= 0.6 is 34.7 Å². The molecule has 64 heavy (non-hydrogen) atoms. The molecule has 0 spiro atoms. The molecule has 2 aliphatic rings. The molecule has 0 saturated carbocycles. The molecule has 324 valence electrons. The monoisotopic (exact) mass is 915 g/mol. The van der Waals surface area contributed by atoms with E-state index in [-0.39, 0.29) is 33.7 Å². The molecule has 0 radical (unpaired) electrons. The Morgan fingerprint density at radius 3 is 1.84 bits per heavy atom. The van der Waals surface area contributed by atoms with Gasteiger partial charge in [0.2, 0.25) is 6.10 Å². The molecule has 1 fully saturated rings. The number of nitrogens with zero attached hydrogens (tertiary/aromatic N) is 3. The molecule has 1 saturated heterocycles. The number of carbonyl (C=O) groups excluding carboxylic acids is 4. The van der Waals surface area contributed by atoms with Crippen LogP contribution in [0.2, 0.25) is 0 Å². The standard InChI is InChI=1S/C47H38ClN5O9S2/c48-24-32-25-63-44-37(43(57)53(44)38(32)45(58)60-39(27-13-5-1-6-14-27)28-15-7-2-8-16-28)51-42(56)36(33-26-64-47(49)50-33)52-62-41(31-21-22-34(54)35(55)23-31)46(59)61-40(29-17-9-3-10-18-29)30-19-11-4-12-20-30/h1-23,26,37,39-41,44,54-55H,24-25H2,(H2,49,50)(H,51,56)/b52-36-/t37?,41?,44-/m1/s1. The Morgan fingerprint density at radius 2 is 1.34 bits per heavy atom. The number of β-lactam (4-membered cyclic amide) rings is 1. The number of phenols is 2. The fourth-order valence-electron chi connectivity index (χ4n) is 7.14. The molecule has 0 aliphatic carbocycles. The van der Waals surface area contributed by atoms with Gasteiger partial charge in [-0.15, -0.1) is 34.7 Å². The van der Waals surface area contributed by atoms with Gasteiger partial charge in [0.15, 0.2) is 34.6 Å². The van der Waals surface area contributed by atoms with Gasteiger partial charge in [-0.2, -0.15) is 0 Å². The van der Waals surface area contributed by atoms with E-state index in [1.165, 1.54) is 28.1 Å². The summed E-state index contributed by atoms with van der Waals surface area (Å²) in [6.45, 7) is 0. The highest BCUT2D eigenvalue weighted by atomic mass is 35.5. The zero-order valence-corrected chi connectivity index (χ0v) is 35.9. The number of aromatic nitrogens is 1. The van der Waals surface area contributed by atoms with Crippen LogP contribution in [0.15, 0.2) is 161 Å². The van der Waals surface area contributed by atoms with Gasteiger partial charge in [0.1, 0.15) is 22.8 Å². The highest BCUT2D eigenvalue weighted by Crippen LogP contribution is 2.42. The molecule has 2 unspecified atom stereocenters. The Morgan fingerprint density at radius 1 is 0.797 bits per heavy atom. The number of nitrogens with one attached hydrogen (secondary N) is 1. The smallest absolute Gasteiger partial charge is 0.356 e. The zero-order chi connectivity index (χ0) is 44.7. The van der Waals surface area contributed by atoms with E-state index in [1.54, 1.807) is 48.5 Å². The summed E-state index contributed by atoms with van der Waals surface area (Å²) >= 11 is 8.65. The fraction of sp³-hybridized carbons (Fsp3) is 0.149. The van der Waals surface area contributed by atoms with Gasteiger partial charge in [0.05, 0.1) is 0 Å². The predicted molar refractivity (Wildman–Crippen MR) is 241 cm³/mol. The molecule has 2 amide bonds. The van der Waals surface area contributed by atoms with Crippen LogP contribution in [0, 0.1) is 0 Å². The molecule has 14 nitrogen and oxygen atoms in total. The summed E-state index contributed by atoms with van der Waals surface area (Å²) in [6.07, 6.45) is -3.41. The number of aromatic hydroxyl groups is 2. The number of alkyl halides is 1. The SMILES string of the molecule is Nc1nc(/C(=N/OC(C(=O)OC(c2ccccc2)c2ccccc2)c2ccc(O)c(O)c2)C(=O)NC2C(=O)N3C(C(=O)OC(c4ccccc4)c4ccccc4)=C(CCl)CS[C@H]23)cs1. The third-order valence-corrected chi connectivity index (χ3v) is 12.6. The van der Waals surface area contributed by atoms with Crippen molar-refractivity contribution in [2.45, 2.75) is 29.7 Å². The number of oxime groups is 1. The van der Waals surface area contributed by atoms with Crippen molar-refractivity contribution in [2.75, 3.05) is 17.4 Å². The van der Waals surface area contributed by atoms with E-state index in [0.717, 1.165) is 34.6 Å². The number of thioether (sulfide) groups is 1. The van der Waals surface area contributed by atoms with Gasteiger partial charge in [-0.25, -0.2) is 14.6 Å². The number of halogens is 1. The minimum Gasteiger partial charge on any atom is -0.504 e. The van der Waals surface area contributed by atoms with Crippen molar-refractivity contribution in [2.24, 2.45) is 5.16 Å². The number of phenolic OH excluding ortho intramolecular Hbond substituents is 2. The number of carbonyl (C=O) groups is 4. The Hall–Kier alpha value is -7.14. The lowest BCUT2D eigenvalue weighted by Gasteiger charge is -2.49.